The van der Waals surface area contributed by atoms with E-state index in [0.717, 1.165) is 0 Å². The van der Waals surface area contributed by atoms with Crippen molar-refractivity contribution in [3.8, 4) is 17.1 Å². The first-order chi connectivity index (χ1) is 16.5. The number of carbonyl (C=O) groups excluding carboxylic acids is 1. The highest BCUT2D eigenvalue weighted by molar-refractivity contribution is 6.40. The predicted octanol–water partition coefficient (Wildman–Crippen LogP) is 5.94. The average molecular weight is 541 g/mol. The summed E-state index contributed by atoms with van der Waals surface area (Å²) in [5.74, 6) is -1.02. The van der Waals surface area contributed by atoms with E-state index in [1.165, 1.54) is 28.9 Å². The molecule has 0 atom stereocenters. The van der Waals surface area contributed by atoms with Gasteiger partial charge in [0.2, 0.25) is 0 Å². The van der Waals surface area contributed by atoms with Gasteiger partial charge in [0.15, 0.2) is 5.82 Å². The molecule has 2 aliphatic rings. The highest BCUT2D eigenvalue weighted by Crippen LogP contribution is 2.36. The van der Waals surface area contributed by atoms with E-state index in [1.807, 2.05) is 13.8 Å². The zero-order chi connectivity index (χ0) is 25.4. The van der Waals surface area contributed by atoms with Gasteiger partial charge in [-0.2, -0.15) is 13.8 Å². The van der Waals surface area contributed by atoms with E-state index in [2.05, 4.69) is 20.4 Å². The van der Waals surface area contributed by atoms with Gasteiger partial charge in [-0.15, -0.1) is 0 Å². The summed E-state index contributed by atoms with van der Waals surface area (Å²) in [5, 5.41) is 6.15. The summed E-state index contributed by atoms with van der Waals surface area (Å²) >= 11 is 18.9. The molecule has 2 heterocycles. The molecule has 0 aliphatic carbocycles. The number of rotatable bonds is 6. The summed E-state index contributed by atoms with van der Waals surface area (Å²) < 4.78 is 26.7. The maximum atomic E-state index is 13.1. The van der Waals surface area contributed by atoms with Crippen LogP contribution in [0.5, 0.6) is 0 Å². The van der Waals surface area contributed by atoms with Gasteiger partial charge in [0.1, 0.15) is 17.1 Å². The van der Waals surface area contributed by atoms with E-state index >= 15 is 0 Å². The van der Waals surface area contributed by atoms with Gasteiger partial charge >= 0.3 is 6.43 Å². The van der Waals surface area contributed by atoms with Crippen LogP contribution in [0.3, 0.4) is 0 Å². The predicted molar refractivity (Wildman–Crippen MR) is 132 cm³/mol. The number of alkyl halides is 2. The second-order valence-corrected chi connectivity index (χ2v) is 9.30. The molecule has 2 aromatic carbocycles. The van der Waals surface area contributed by atoms with Gasteiger partial charge in [0, 0.05) is 17.1 Å². The normalized spacial score (nSPS) is 11.6. The number of benzene rings is 2. The van der Waals surface area contributed by atoms with Gasteiger partial charge in [0.25, 0.3) is 11.5 Å². The maximum absolute atomic E-state index is 13.1. The minimum Gasteiger partial charge on any atom is -0.321 e. The fourth-order valence-corrected chi connectivity index (χ4v) is 4.63. The molecule has 0 fully saturated rings. The minimum atomic E-state index is -3.14. The Labute approximate surface area is 213 Å². The molecule has 0 spiro atoms. The van der Waals surface area contributed by atoms with Crippen LogP contribution >= 0.6 is 34.8 Å². The van der Waals surface area contributed by atoms with Gasteiger partial charge < -0.3 is 5.32 Å². The Kier molecular flexibility index (Phi) is 7.12. The minimum absolute atomic E-state index is 0.0686. The highest BCUT2D eigenvalue weighted by Gasteiger charge is 2.27. The van der Waals surface area contributed by atoms with Gasteiger partial charge in [-0.25, -0.2) is 9.67 Å². The van der Waals surface area contributed by atoms with Crippen molar-refractivity contribution >= 4 is 46.4 Å². The lowest BCUT2D eigenvalue weighted by atomic mass is 10.1. The quantitative estimate of drug-likeness (QED) is 0.317. The lowest BCUT2D eigenvalue weighted by Gasteiger charge is -2.12. The average Bonchev–Trinajstić information content (AvgIpc) is 3.13. The van der Waals surface area contributed by atoms with E-state index in [4.69, 9.17) is 34.8 Å². The SMILES string of the molecule is CC(C)c1[nH]n(-c2c(Cl)cc(Cl)cc2Cl)c2nc(Cc3cccc(NC(=O)C(F)F)c3)nc(=O)c1-2. The Bertz CT molecular complexity index is 1430. The third-order valence-corrected chi connectivity index (χ3v) is 5.95. The molecule has 0 radical (unpaired) electrons. The first kappa shape index (κ1) is 25.1. The van der Waals surface area contributed by atoms with Crippen LogP contribution in [-0.4, -0.2) is 32.1 Å². The lowest BCUT2D eigenvalue weighted by Crippen LogP contribution is -2.20. The Morgan fingerprint density at radius 1 is 1.11 bits per heavy atom. The number of carbonyl (C=O) groups is 1. The van der Waals surface area contributed by atoms with Crippen LogP contribution in [0.15, 0.2) is 41.2 Å². The molecule has 0 aromatic heterocycles. The molecule has 0 saturated heterocycles. The second-order valence-electron chi connectivity index (χ2n) is 8.04. The van der Waals surface area contributed by atoms with E-state index in [0.29, 0.717) is 27.5 Å². The molecule has 12 heteroatoms. The van der Waals surface area contributed by atoms with Crippen molar-refractivity contribution in [2.45, 2.75) is 32.6 Å². The number of hydrogen-bond donors (Lipinski definition) is 2. The molecular weight excluding hydrogens is 523 g/mol. The number of halogens is 5. The van der Waals surface area contributed by atoms with Gasteiger partial charge in [-0.3, -0.25) is 14.7 Å². The number of hydrogen-bond acceptors (Lipinski definition) is 4. The van der Waals surface area contributed by atoms with E-state index in [-0.39, 0.29) is 39.7 Å². The van der Waals surface area contributed by atoms with Crippen LogP contribution in [-0.2, 0) is 11.2 Å². The Morgan fingerprint density at radius 2 is 1.80 bits per heavy atom. The molecule has 182 valence electrons. The van der Waals surface area contributed by atoms with Crippen LogP contribution in [0.2, 0.25) is 15.1 Å². The molecule has 1 amide bonds. The van der Waals surface area contributed by atoms with E-state index in [1.54, 1.807) is 12.1 Å². The maximum Gasteiger partial charge on any atom is 0.315 e. The topological polar surface area (TPSA) is 92.7 Å². The van der Waals surface area contributed by atoms with Gasteiger partial charge in [-0.05, 0) is 35.7 Å². The van der Waals surface area contributed by atoms with Crippen molar-refractivity contribution in [2.75, 3.05) is 5.32 Å². The summed E-state index contributed by atoms with van der Waals surface area (Å²) in [6.45, 7) is 3.82. The molecule has 0 saturated carbocycles. The summed E-state index contributed by atoms with van der Waals surface area (Å²) in [6, 6.07) is 9.33. The van der Waals surface area contributed by atoms with Gasteiger partial charge in [0.05, 0.1) is 15.7 Å². The zero-order valence-corrected chi connectivity index (χ0v) is 20.6. The number of nitrogens with one attached hydrogen (secondary N) is 2. The van der Waals surface area contributed by atoms with E-state index in [9.17, 15) is 18.4 Å². The fourth-order valence-electron chi connectivity index (χ4n) is 3.64. The molecule has 2 aliphatic heterocycles. The summed E-state index contributed by atoms with van der Waals surface area (Å²) in [7, 11) is 0. The molecule has 0 unspecified atom stereocenters. The van der Waals surface area contributed by atoms with Crippen molar-refractivity contribution in [1.29, 1.82) is 0 Å². The number of H-pyrrole nitrogens is 1. The summed E-state index contributed by atoms with van der Waals surface area (Å²) in [5.41, 5.74) is 1.57. The molecule has 4 rings (SSSR count). The third kappa shape index (κ3) is 5.17. The van der Waals surface area contributed by atoms with Crippen LogP contribution < -0.4 is 10.9 Å². The Hall–Kier alpha value is -3.01. The highest BCUT2D eigenvalue weighted by atomic mass is 35.5. The van der Waals surface area contributed by atoms with Crippen molar-refractivity contribution in [2.24, 2.45) is 0 Å². The number of aromatic nitrogens is 4. The largest absolute Gasteiger partial charge is 0.321 e. The van der Waals surface area contributed by atoms with Crippen molar-refractivity contribution < 1.29 is 13.6 Å². The monoisotopic (exact) mass is 539 g/mol. The second kappa shape index (κ2) is 9.93. The molecule has 7 nitrogen and oxygen atoms in total. The third-order valence-electron chi connectivity index (χ3n) is 5.15. The number of anilines is 1. The number of aromatic amines is 1. The van der Waals surface area contributed by atoms with Gasteiger partial charge in [-0.1, -0.05) is 60.8 Å². The van der Waals surface area contributed by atoms with Crippen LogP contribution in [0, 0.1) is 0 Å². The number of fused-ring (bicyclic) bond motifs is 1. The Morgan fingerprint density at radius 3 is 2.43 bits per heavy atom. The molecule has 2 N–H and O–H groups in total. The standard InChI is InChI=1S/C23H18Cl3F2N5O2/c1-10(2)18-17-21(33(32-18)19-14(25)8-12(24)9-15(19)26)30-16(31-22(17)34)7-11-4-3-5-13(6-11)29-23(35)20(27)28/h3-6,8-10,20,32H,7H2,1-2H3,(H,29,35). The van der Waals surface area contributed by atoms with Crippen molar-refractivity contribution in [3.05, 3.63) is 78.9 Å². The van der Waals surface area contributed by atoms with Crippen molar-refractivity contribution in [3.63, 3.8) is 0 Å². The molecular formula is C23H18Cl3F2N5O2. The van der Waals surface area contributed by atoms with Crippen LogP contribution in [0.4, 0.5) is 14.5 Å². The summed E-state index contributed by atoms with van der Waals surface area (Å²) in [6.07, 6.45) is -3.04. The fraction of sp³-hybridized carbons (Fsp3) is 0.217. The smallest absolute Gasteiger partial charge is 0.315 e. The van der Waals surface area contributed by atoms with E-state index < -0.39 is 17.9 Å². The molecule has 35 heavy (non-hydrogen) atoms. The van der Waals surface area contributed by atoms with Crippen LogP contribution in [0.1, 0.15) is 36.8 Å². The van der Waals surface area contributed by atoms with Crippen LogP contribution in [0.25, 0.3) is 17.1 Å². The lowest BCUT2D eigenvalue weighted by molar-refractivity contribution is -0.126. The first-order valence-corrected chi connectivity index (χ1v) is 11.5. The van der Waals surface area contributed by atoms with Crippen molar-refractivity contribution in [1.82, 2.24) is 19.7 Å². The first-order valence-electron chi connectivity index (χ1n) is 10.4. The number of amides is 1. The Balaban J connectivity index is 1.81. The molecule has 2 aromatic rings. The zero-order valence-electron chi connectivity index (χ0n) is 18.4. The summed E-state index contributed by atoms with van der Waals surface area (Å²) in [4.78, 5) is 33.1. The number of nitrogens with zero attached hydrogens (tertiary/aromatic N) is 3. The molecule has 0 bridgehead atoms.